The molecule has 2 aromatic heterocycles. The van der Waals surface area contributed by atoms with Gasteiger partial charge in [-0.25, -0.2) is 15.0 Å². The van der Waals surface area contributed by atoms with Gasteiger partial charge in [0.15, 0.2) is 17.5 Å². The fourth-order valence-corrected chi connectivity index (χ4v) is 9.40. The molecule has 274 valence electrons. The lowest BCUT2D eigenvalue weighted by Crippen LogP contribution is -2.33. The monoisotopic (exact) mass is 734 g/mol. The lowest BCUT2D eigenvalue weighted by Gasteiger charge is -2.42. The quantitative estimate of drug-likeness (QED) is 0.169. The van der Waals surface area contributed by atoms with Gasteiger partial charge in [0.05, 0.1) is 11.0 Å². The fraction of sp³-hybridized carbons (Fsp3) is 0.151. The molecule has 57 heavy (non-hydrogen) atoms. The summed E-state index contributed by atoms with van der Waals surface area (Å²) < 4.78 is 2.47. The lowest BCUT2D eigenvalue weighted by atomic mass is 9.63. The Morgan fingerprint density at radius 2 is 1.00 bits per heavy atom. The molecule has 0 aliphatic heterocycles. The molecule has 8 aromatic carbocycles. The van der Waals surface area contributed by atoms with Crippen molar-refractivity contribution in [1.29, 1.82) is 0 Å². The zero-order valence-electron chi connectivity index (χ0n) is 32.7. The van der Waals surface area contributed by atoms with E-state index in [1.54, 1.807) is 0 Å². The number of rotatable bonds is 4. The molecule has 1 aliphatic carbocycles. The van der Waals surface area contributed by atoms with Crippen molar-refractivity contribution in [2.45, 2.75) is 51.4 Å². The van der Waals surface area contributed by atoms with E-state index in [1.165, 1.54) is 61.9 Å². The first-order chi connectivity index (χ1) is 27.7. The van der Waals surface area contributed by atoms with Gasteiger partial charge in [-0.05, 0) is 110 Å². The van der Waals surface area contributed by atoms with E-state index in [1.807, 2.05) is 18.2 Å². The Hall–Kier alpha value is -6.65. The van der Waals surface area contributed by atoms with Crippen LogP contribution in [0.25, 0.3) is 94.0 Å². The van der Waals surface area contributed by atoms with E-state index >= 15 is 0 Å². The van der Waals surface area contributed by atoms with Crippen molar-refractivity contribution in [2.75, 3.05) is 0 Å². The molecule has 1 aliphatic rings. The molecule has 11 rings (SSSR count). The molecule has 0 saturated heterocycles. The van der Waals surface area contributed by atoms with Gasteiger partial charge in [0.1, 0.15) is 0 Å². The summed E-state index contributed by atoms with van der Waals surface area (Å²) in [6, 6.07) is 56.8. The Balaban J connectivity index is 1.07. The topological polar surface area (TPSA) is 43.6 Å². The third kappa shape index (κ3) is 5.38. The Morgan fingerprint density at radius 3 is 1.79 bits per heavy atom. The Labute approximate surface area is 332 Å². The van der Waals surface area contributed by atoms with Crippen molar-refractivity contribution >= 4 is 54.1 Å². The first kappa shape index (κ1) is 33.7. The summed E-state index contributed by atoms with van der Waals surface area (Å²) in [4.78, 5) is 15.5. The third-order valence-corrected chi connectivity index (χ3v) is 12.7. The van der Waals surface area contributed by atoms with Crippen molar-refractivity contribution in [1.82, 2.24) is 19.5 Å². The minimum atomic E-state index is 0.122. The highest BCUT2D eigenvalue weighted by Crippen LogP contribution is 2.48. The van der Waals surface area contributed by atoms with Crippen LogP contribution in [0.4, 0.5) is 0 Å². The van der Waals surface area contributed by atoms with Gasteiger partial charge in [0, 0.05) is 33.2 Å². The zero-order chi connectivity index (χ0) is 38.5. The molecule has 0 bridgehead atoms. The minimum Gasteiger partial charge on any atom is -0.309 e. The van der Waals surface area contributed by atoms with E-state index in [-0.39, 0.29) is 10.8 Å². The van der Waals surface area contributed by atoms with Crippen LogP contribution in [0.2, 0.25) is 0 Å². The number of aromatic nitrogens is 4. The number of hydrogen-bond donors (Lipinski definition) is 0. The third-order valence-electron chi connectivity index (χ3n) is 12.7. The van der Waals surface area contributed by atoms with Gasteiger partial charge >= 0.3 is 0 Å². The van der Waals surface area contributed by atoms with Gasteiger partial charge in [-0.3, -0.25) is 0 Å². The summed E-state index contributed by atoms with van der Waals surface area (Å²) in [7, 11) is 0. The van der Waals surface area contributed by atoms with Crippen LogP contribution in [0.5, 0.6) is 0 Å². The van der Waals surface area contributed by atoms with E-state index in [0.717, 1.165) is 38.5 Å². The van der Waals surface area contributed by atoms with Crippen LogP contribution in [0.1, 0.15) is 51.7 Å². The molecule has 2 heterocycles. The normalized spacial score (nSPS) is 14.8. The van der Waals surface area contributed by atoms with Crippen LogP contribution in [0.3, 0.4) is 0 Å². The van der Waals surface area contributed by atoms with Crippen molar-refractivity contribution in [3.8, 4) is 39.9 Å². The van der Waals surface area contributed by atoms with Crippen molar-refractivity contribution in [3.63, 3.8) is 0 Å². The molecule has 0 saturated carbocycles. The molecule has 0 atom stereocenters. The number of benzene rings is 8. The van der Waals surface area contributed by atoms with E-state index in [2.05, 4.69) is 172 Å². The van der Waals surface area contributed by atoms with Crippen LogP contribution in [0, 0.1) is 0 Å². The first-order valence-electron chi connectivity index (χ1n) is 20.1. The average molecular weight is 735 g/mol. The largest absolute Gasteiger partial charge is 0.309 e. The van der Waals surface area contributed by atoms with Crippen LogP contribution >= 0.6 is 0 Å². The highest BCUT2D eigenvalue weighted by atomic mass is 15.0. The molecule has 4 heteroatoms. The maximum Gasteiger partial charge on any atom is 0.164 e. The van der Waals surface area contributed by atoms with Crippen LogP contribution < -0.4 is 0 Å². The molecule has 0 amide bonds. The van der Waals surface area contributed by atoms with Gasteiger partial charge < -0.3 is 4.57 Å². The summed E-state index contributed by atoms with van der Waals surface area (Å²) in [6.45, 7) is 9.65. The van der Waals surface area contributed by atoms with Crippen molar-refractivity contribution in [3.05, 3.63) is 169 Å². The van der Waals surface area contributed by atoms with Gasteiger partial charge in [-0.15, -0.1) is 0 Å². The molecular weight excluding hydrogens is 693 g/mol. The Morgan fingerprint density at radius 1 is 0.404 bits per heavy atom. The molecule has 0 unspecified atom stereocenters. The van der Waals surface area contributed by atoms with Gasteiger partial charge in [0.25, 0.3) is 0 Å². The van der Waals surface area contributed by atoms with Crippen molar-refractivity contribution in [2.24, 2.45) is 0 Å². The predicted octanol–water partition coefficient (Wildman–Crippen LogP) is 13.8. The number of fused-ring (bicyclic) bond motifs is 8. The molecule has 0 radical (unpaired) electrons. The smallest absolute Gasteiger partial charge is 0.164 e. The standard InChI is InChI=1S/C53H42N4/c1-52(2)26-27-53(3,4)46-32-48-43(31-45(46)52)42-20-12-13-21-47(42)57(48)38-25-24-34-28-37(23-22-35(34)29-38)50-54-49(33-14-6-5-7-15-33)55-51(56-50)44-30-36-16-8-9-17-39(36)40-18-10-11-19-41(40)44/h5-25,28-32H,26-27H2,1-4H3. The second-order valence-electron chi connectivity index (χ2n) is 17.1. The second kappa shape index (κ2) is 12.4. The Bertz CT molecular complexity index is 3240. The predicted molar refractivity (Wildman–Crippen MR) is 238 cm³/mol. The van der Waals surface area contributed by atoms with Gasteiger partial charge in [0.2, 0.25) is 0 Å². The zero-order valence-corrected chi connectivity index (χ0v) is 32.7. The maximum absolute atomic E-state index is 5.22. The molecule has 4 nitrogen and oxygen atoms in total. The lowest BCUT2D eigenvalue weighted by molar-refractivity contribution is 0.332. The van der Waals surface area contributed by atoms with Gasteiger partial charge in [-0.1, -0.05) is 143 Å². The van der Waals surface area contributed by atoms with Crippen LogP contribution in [-0.2, 0) is 10.8 Å². The summed E-state index contributed by atoms with van der Waals surface area (Å²) in [5, 5.41) is 9.61. The van der Waals surface area contributed by atoms with E-state index in [4.69, 9.17) is 15.0 Å². The van der Waals surface area contributed by atoms with Crippen molar-refractivity contribution < 1.29 is 0 Å². The molecule has 0 N–H and O–H groups in total. The minimum absolute atomic E-state index is 0.122. The summed E-state index contributed by atoms with van der Waals surface area (Å²) in [6.07, 6.45) is 2.38. The van der Waals surface area contributed by atoms with Crippen LogP contribution in [-0.4, -0.2) is 19.5 Å². The molecule has 0 fully saturated rings. The highest BCUT2D eigenvalue weighted by molar-refractivity contribution is 6.13. The highest BCUT2D eigenvalue weighted by Gasteiger charge is 2.38. The Kier molecular flexibility index (Phi) is 7.34. The number of nitrogens with zero attached hydrogens (tertiary/aromatic N) is 4. The summed E-state index contributed by atoms with van der Waals surface area (Å²) in [5.74, 6) is 1.97. The molecular formula is C53H42N4. The van der Waals surface area contributed by atoms with Crippen LogP contribution in [0.15, 0.2) is 158 Å². The van der Waals surface area contributed by atoms with Gasteiger partial charge in [-0.2, -0.15) is 0 Å². The summed E-state index contributed by atoms with van der Waals surface area (Å²) >= 11 is 0. The summed E-state index contributed by atoms with van der Waals surface area (Å²) in [5.41, 5.74) is 9.80. The SMILES string of the molecule is CC1(C)CCC(C)(C)c2cc3c(cc21)c1ccccc1n3-c1ccc2cc(-c3nc(-c4ccccc4)nc(-c4cc5ccccc5c5ccccc45)n3)ccc2c1. The number of hydrogen-bond acceptors (Lipinski definition) is 3. The molecule has 0 spiro atoms. The van der Waals surface area contributed by atoms with E-state index < -0.39 is 0 Å². The van der Waals surface area contributed by atoms with E-state index in [9.17, 15) is 0 Å². The second-order valence-corrected chi connectivity index (χ2v) is 17.1. The first-order valence-corrected chi connectivity index (χ1v) is 20.1. The fourth-order valence-electron chi connectivity index (χ4n) is 9.40. The maximum atomic E-state index is 5.22. The van der Waals surface area contributed by atoms with E-state index in [0.29, 0.717) is 17.5 Å². The molecule has 10 aromatic rings. The average Bonchev–Trinajstić information content (AvgIpc) is 3.58. The number of para-hydroxylation sites is 1.